The quantitative estimate of drug-likeness (QED) is 0.822. The predicted octanol–water partition coefficient (Wildman–Crippen LogP) is 3.36. The van der Waals surface area contributed by atoms with Gasteiger partial charge in [-0.15, -0.1) is 0 Å². The maximum Gasteiger partial charge on any atom is 0.133 e. The lowest BCUT2D eigenvalue weighted by Gasteiger charge is -2.48. The van der Waals surface area contributed by atoms with E-state index in [1.807, 2.05) is 6.07 Å². The van der Waals surface area contributed by atoms with Crippen LogP contribution >= 0.6 is 0 Å². The van der Waals surface area contributed by atoms with Crippen LogP contribution in [0, 0.1) is 5.92 Å². The first-order chi connectivity index (χ1) is 8.65. The van der Waals surface area contributed by atoms with E-state index in [1.54, 1.807) is 6.07 Å². The highest BCUT2D eigenvalue weighted by Crippen LogP contribution is 2.51. The van der Waals surface area contributed by atoms with Gasteiger partial charge in [0.15, 0.2) is 0 Å². The molecule has 0 saturated heterocycles. The number of carbonyl (C=O) groups is 1. The highest BCUT2D eigenvalue weighted by molar-refractivity contribution is 5.80. The zero-order chi connectivity index (χ0) is 12.8. The second kappa shape index (κ2) is 4.11. The molecule has 2 aliphatic carbocycles. The van der Waals surface area contributed by atoms with E-state index in [-0.39, 0.29) is 5.41 Å². The van der Waals surface area contributed by atoms with Crippen molar-refractivity contribution in [3.05, 3.63) is 29.3 Å². The molecule has 0 amide bonds. The van der Waals surface area contributed by atoms with Crippen LogP contribution < -0.4 is 0 Å². The summed E-state index contributed by atoms with van der Waals surface area (Å²) >= 11 is 0. The summed E-state index contributed by atoms with van der Waals surface area (Å²) in [5.74, 6) is 1.32. The number of carbonyl (C=O) groups excluding carboxylic acids is 1. The maximum atomic E-state index is 11.7. The zero-order valence-corrected chi connectivity index (χ0v) is 10.9. The fourth-order valence-electron chi connectivity index (χ4n) is 4.13. The molecule has 2 aliphatic rings. The van der Waals surface area contributed by atoms with Gasteiger partial charge in [0.05, 0.1) is 0 Å². The molecular weight excluding hydrogens is 224 g/mol. The largest absolute Gasteiger partial charge is 0.508 e. The lowest BCUT2D eigenvalue weighted by atomic mass is 9.56. The first-order valence-electron chi connectivity index (χ1n) is 7.00. The Hall–Kier alpha value is -1.31. The van der Waals surface area contributed by atoms with Crippen molar-refractivity contribution in [2.24, 2.45) is 5.92 Å². The van der Waals surface area contributed by atoms with Crippen LogP contribution in [0.25, 0.3) is 0 Å². The van der Waals surface area contributed by atoms with Gasteiger partial charge in [0.25, 0.3) is 0 Å². The molecule has 0 aromatic heterocycles. The first-order valence-corrected chi connectivity index (χ1v) is 7.00. The highest BCUT2D eigenvalue weighted by atomic mass is 16.3. The van der Waals surface area contributed by atoms with Gasteiger partial charge in [-0.3, -0.25) is 4.79 Å². The zero-order valence-electron chi connectivity index (χ0n) is 10.9. The predicted molar refractivity (Wildman–Crippen MR) is 70.7 cm³/mol. The summed E-state index contributed by atoms with van der Waals surface area (Å²) in [6.45, 7) is 2.24. The van der Waals surface area contributed by atoms with E-state index in [2.05, 4.69) is 13.0 Å². The number of hydrogen-bond acceptors (Lipinski definition) is 2. The monoisotopic (exact) mass is 244 g/mol. The van der Waals surface area contributed by atoms with Crippen LogP contribution in [0.1, 0.15) is 50.2 Å². The van der Waals surface area contributed by atoms with Crippen molar-refractivity contribution >= 4 is 5.78 Å². The molecule has 2 nitrogen and oxygen atoms in total. The van der Waals surface area contributed by atoms with Gasteiger partial charge in [-0.2, -0.15) is 0 Å². The lowest BCUT2D eigenvalue weighted by Crippen LogP contribution is -2.43. The average Bonchev–Trinajstić information content (AvgIpc) is 2.38. The van der Waals surface area contributed by atoms with Crippen LogP contribution in [-0.4, -0.2) is 10.9 Å². The molecule has 1 saturated carbocycles. The van der Waals surface area contributed by atoms with E-state index in [9.17, 15) is 9.90 Å². The smallest absolute Gasteiger partial charge is 0.133 e. The van der Waals surface area contributed by atoms with Gasteiger partial charge in [0, 0.05) is 12.8 Å². The lowest BCUT2D eigenvalue weighted by molar-refractivity contribution is -0.123. The number of ketones is 1. The molecule has 1 aromatic rings. The van der Waals surface area contributed by atoms with Crippen molar-refractivity contribution in [2.45, 2.75) is 50.9 Å². The Labute approximate surface area is 108 Å². The van der Waals surface area contributed by atoms with Crippen LogP contribution in [0.5, 0.6) is 5.75 Å². The molecule has 0 heterocycles. The van der Waals surface area contributed by atoms with Gasteiger partial charge in [-0.25, -0.2) is 0 Å². The van der Waals surface area contributed by atoms with Gasteiger partial charge in [-0.05, 0) is 60.3 Å². The summed E-state index contributed by atoms with van der Waals surface area (Å²) in [5, 5.41) is 9.63. The Morgan fingerprint density at radius 2 is 2.22 bits per heavy atom. The Morgan fingerprint density at radius 3 is 3.00 bits per heavy atom. The van der Waals surface area contributed by atoms with E-state index < -0.39 is 0 Å². The van der Waals surface area contributed by atoms with Gasteiger partial charge in [0.1, 0.15) is 11.5 Å². The number of benzene rings is 1. The molecule has 3 rings (SSSR count). The van der Waals surface area contributed by atoms with Gasteiger partial charge < -0.3 is 5.11 Å². The Balaban J connectivity index is 2.10. The van der Waals surface area contributed by atoms with Crippen molar-refractivity contribution < 1.29 is 9.90 Å². The number of aryl methyl sites for hydroxylation is 1. The van der Waals surface area contributed by atoms with E-state index >= 15 is 0 Å². The molecule has 0 unspecified atom stereocenters. The van der Waals surface area contributed by atoms with Gasteiger partial charge in [0.2, 0.25) is 0 Å². The van der Waals surface area contributed by atoms with Crippen LogP contribution in [0.2, 0.25) is 0 Å². The number of phenols is 1. The third-order valence-electron chi connectivity index (χ3n) is 5.12. The van der Waals surface area contributed by atoms with Crippen molar-refractivity contribution in [1.29, 1.82) is 0 Å². The molecule has 0 bridgehead atoms. The number of rotatable bonds is 1. The average molecular weight is 244 g/mol. The number of phenolic OH excluding ortho intramolecular Hbond substituents is 1. The van der Waals surface area contributed by atoms with Gasteiger partial charge >= 0.3 is 0 Å². The van der Waals surface area contributed by atoms with Crippen LogP contribution in [-0.2, 0) is 16.6 Å². The van der Waals surface area contributed by atoms with E-state index in [0.717, 1.165) is 38.5 Å². The van der Waals surface area contributed by atoms with Crippen LogP contribution in [0.15, 0.2) is 18.2 Å². The summed E-state index contributed by atoms with van der Waals surface area (Å²) < 4.78 is 0. The van der Waals surface area contributed by atoms with Crippen molar-refractivity contribution in [3.8, 4) is 5.75 Å². The second-order valence-corrected chi connectivity index (χ2v) is 5.83. The fraction of sp³-hybridized carbons (Fsp3) is 0.562. The highest BCUT2D eigenvalue weighted by Gasteiger charge is 2.46. The standard InChI is InChI=1S/C16H20O2/c1-2-16-8-7-14(18)10-12(16)4-3-11-9-13(17)5-6-15(11)16/h5-6,9,12,17H,2-4,7-8,10H2,1H3/t12-,16-/m1/s1. The van der Waals surface area contributed by atoms with E-state index in [1.165, 1.54) is 11.1 Å². The van der Waals surface area contributed by atoms with Gasteiger partial charge in [-0.1, -0.05) is 13.0 Å². The molecule has 96 valence electrons. The normalized spacial score (nSPS) is 30.7. The second-order valence-electron chi connectivity index (χ2n) is 5.83. The SMILES string of the molecule is CC[C@@]12CCC(=O)C[C@H]1CCc1cc(O)ccc12. The van der Waals surface area contributed by atoms with Crippen molar-refractivity contribution in [1.82, 2.24) is 0 Å². The Morgan fingerprint density at radius 1 is 1.39 bits per heavy atom. The molecule has 1 fully saturated rings. The molecule has 2 atom stereocenters. The third-order valence-corrected chi connectivity index (χ3v) is 5.12. The molecule has 1 N–H and O–H groups in total. The number of fused-ring (bicyclic) bond motifs is 3. The maximum absolute atomic E-state index is 11.7. The minimum Gasteiger partial charge on any atom is -0.508 e. The molecule has 0 radical (unpaired) electrons. The summed E-state index contributed by atoms with van der Waals surface area (Å²) in [5.41, 5.74) is 2.88. The molecule has 0 aliphatic heterocycles. The molecular formula is C16H20O2. The molecule has 0 spiro atoms. The minimum absolute atomic E-state index is 0.190. The Bertz CT molecular complexity index is 492. The topological polar surface area (TPSA) is 37.3 Å². The fourth-order valence-corrected chi connectivity index (χ4v) is 4.13. The number of Topliss-reactive ketones (excluding diaryl/α,β-unsaturated/α-hetero) is 1. The molecule has 1 aromatic carbocycles. The first kappa shape index (κ1) is 11.8. The third kappa shape index (κ3) is 1.58. The Kier molecular flexibility index (Phi) is 2.69. The van der Waals surface area contributed by atoms with Crippen molar-refractivity contribution in [2.75, 3.05) is 0 Å². The molecule has 2 heteroatoms. The summed E-state index contributed by atoms with van der Waals surface area (Å²) in [6.07, 6.45) is 5.67. The molecule has 18 heavy (non-hydrogen) atoms. The summed E-state index contributed by atoms with van der Waals surface area (Å²) in [7, 11) is 0. The van der Waals surface area contributed by atoms with E-state index in [4.69, 9.17) is 0 Å². The minimum atomic E-state index is 0.190. The van der Waals surface area contributed by atoms with E-state index in [0.29, 0.717) is 17.5 Å². The summed E-state index contributed by atoms with van der Waals surface area (Å²) in [4.78, 5) is 11.7. The number of aromatic hydroxyl groups is 1. The van der Waals surface area contributed by atoms with Crippen molar-refractivity contribution in [3.63, 3.8) is 0 Å². The van der Waals surface area contributed by atoms with Crippen LogP contribution in [0.4, 0.5) is 0 Å². The summed E-state index contributed by atoms with van der Waals surface area (Å²) in [6, 6.07) is 5.81. The van der Waals surface area contributed by atoms with Crippen LogP contribution in [0.3, 0.4) is 0 Å². The number of hydrogen-bond donors (Lipinski definition) is 1.